The second kappa shape index (κ2) is 7.22. The summed E-state index contributed by atoms with van der Waals surface area (Å²) in [7, 11) is 0. The first-order chi connectivity index (χ1) is 9.16. The van der Waals surface area contributed by atoms with Crippen LogP contribution in [0.5, 0.6) is 0 Å². The smallest absolute Gasteiger partial charge is 0.225 e. The average Bonchev–Trinajstić information content (AvgIpc) is 2.90. The molecular formula is C14H25NO4. The van der Waals surface area contributed by atoms with Gasteiger partial charge in [-0.2, -0.15) is 0 Å². The largest absolute Gasteiger partial charge is 0.378 e. The lowest BCUT2D eigenvalue weighted by Gasteiger charge is -2.36. The summed E-state index contributed by atoms with van der Waals surface area (Å²) in [5.41, 5.74) is 0. The molecule has 3 unspecified atom stereocenters. The molecule has 0 saturated carbocycles. The van der Waals surface area contributed by atoms with Crippen molar-refractivity contribution in [3.05, 3.63) is 0 Å². The molecule has 0 N–H and O–H groups in total. The van der Waals surface area contributed by atoms with Gasteiger partial charge in [0.1, 0.15) is 0 Å². The first kappa shape index (κ1) is 14.8. The summed E-state index contributed by atoms with van der Waals surface area (Å²) < 4.78 is 16.5. The third-order valence-corrected chi connectivity index (χ3v) is 3.72. The van der Waals surface area contributed by atoms with Crippen molar-refractivity contribution in [2.24, 2.45) is 0 Å². The Morgan fingerprint density at radius 1 is 1.37 bits per heavy atom. The zero-order chi connectivity index (χ0) is 13.7. The van der Waals surface area contributed by atoms with Gasteiger partial charge in [-0.15, -0.1) is 0 Å². The van der Waals surface area contributed by atoms with Crippen molar-refractivity contribution in [2.45, 2.75) is 51.4 Å². The average molecular weight is 271 g/mol. The fourth-order valence-corrected chi connectivity index (χ4v) is 2.54. The maximum atomic E-state index is 12.1. The third-order valence-electron chi connectivity index (χ3n) is 3.72. The molecule has 0 aromatic rings. The molecule has 0 aromatic carbocycles. The molecule has 2 fully saturated rings. The minimum Gasteiger partial charge on any atom is -0.378 e. The summed E-state index contributed by atoms with van der Waals surface area (Å²) in [5, 5.41) is 0. The van der Waals surface area contributed by atoms with E-state index in [9.17, 15) is 4.79 Å². The number of ether oxygens (including phenoxy) is 3. The molecular weight excluding hydrogens is 246 g/mol. The molecule has 0 radical (unpaired) electrons. The SMILES string of the molecule is CC1CN(C(=O)CCOCC2CCCO2)C(C)CO1. The van der Waals surface area contributed by atoms with Crippen LogP contribution in [0.2, 0.25) is 0 Å². The maximum Gasteiger partial charge on any atom is 0.225 e. The van der Waals surface area contributed by atoms with Crippen molar-refractivity contribution >= 4 is 5.91 Å². The molecule has 0 aromatic heterocycles. The number of rotatable bonds is 5. The van der Waals surface area contributed by atoms with E-state index in [1.807, 2.05) is 18.7 Å². The van der Waals surface area contributed by atoms with Crippen molar-refractivity contribution in [3.8, 4) is 0 Å². The number of morpholine rings is 1. The Bertz CT molecular complexity index is 291. The predicted octanol–water partition coefficient (Wildman–Crippen LogP) is 1.21. The van der Waals surface area contributed by atoms with Gasteiger partial charge in [-0.25, -0.2) is 0 Å². The van der Waals surface area contributed by atoms with E-state index in [1.54, 1.807) is 0 Å². The topological polar surface area (TPSA) is 48.0 Å². The number of amides is 1. The van der Waals surface area contributed by atoms with Gasteiger partial charge in [-0.1, -0.05) is 0 Å². The van der Waals surface area contributed by atoms with Gasteiger partial charge in [0, 0.05) is 13.2 Å². The lowest BCUT2D eigenvalue weighted by molar-refractivity contribution is -0.144. The molecule has 19 heavy (non-hydrogen) atoms. The van der Waals surface area contributed by atoms with E-state index in [-0.39, 0.29) is 24.2 Å². The first-order valence-electron chi connectivity index (χ1n) is 7.27. The van der Waals surface area contributed by atoms with Crippen LogP contribution in [0.1, 0.15) is 33.1 Å². The quantitative estimate of drug-likeness (QED) is 0.705. The Labute approximate surface area is 115 Å². The lowest BCUT2D eigenvalue weighted by Crippen LogP contribution is -2.50. The Balaban J connectivity index is 1.62. The van der Waals surface area contributed by atoms with Crippen LogP contribution in [-0.4, -0.2) is 62.0 Å². The van der Waals surface area contributed by atoms with E-state index in [0.29, 0.717) is 32.8 Å². The van der Waals surface area contributed by atoms with E-state index in [0.717, 1.165) is 19.4 Å². The highest BCUT2D eigenvalue weighted by atomic mass is 16.5. The number of carbonyl (C=O) groups excluding carboxylic acids is 1. The molecule has 3 atom stereocenters. The van der Waals surface area contributed by atoms with Crippen LogP contribution in [0.25, 0.3) is 0 Å². The van der Waals surface area contributed by atoms with E-state index >= 15 is 0 Å². The molecule has 1 amide bonds. The van der Waals surface area contributed by atoms with Crippen LogP contribution in [0, 0.1) is 0 Å². The summed E-state index contributed by atoms with van der Waals surface area (Å²) in [6.07, 6.45) is 3.01. The van der Waals surface area contributed by atoms with Crippen molar-refractivity contribution in [1.82, 2.24) is 4.90 Å². The van der Waals surface area contributed by atoms with Crippen LogP contribution in [0.4, 0.5) is 0 Å². The minimum absolute atomic E-state index is 0.132. The predicted molar refractivity (Wildman–Crippen MR) is 71.0 cm³/mol. The third kappa shape index (κ3) is 4.44. The Hall–Kier alpha value is -0.650. The molecule has 2 aliphatic heterocycles. The molecule has 0 aliphatic carbocycles. The van der Waals surface area contributed by atoms with Crippen LogP contribution in [0.15, 0.2) is 0 Å². The van der Waals surface area contributed by atoms with Crippen LogP contribution < -0.4 is 0 Å². The van der Waals surface area contributed by atoms with Gasteiger partial charge in [0.15, 0.2) is 0 Å². The second-order valence-corrected chi connectivity index (χ2v) is 5.50. The zero-order valence-electron chi connectivity index (χ0n) is 12.0. The number of hydrogen-bond donors (Lipinski definition) is 0. The Morgan fingerprint density at radius 3 is 2.95 bits per heavy atom. The van der Waals surface area contributed by atoms with E-state index in [1.165, 1.54) is 0 Å². The van der Waals surface area contributed by atoms with Gasteiger partial charge in [0.05, 0.1) is 44.5 Å². The Morgan fingerprint density at radius 2 is 2.21 bits per heavy atom. The Kier molecular flexibility index (Phi) is 5.60. The minimum atomic E-state index is 0.132. The molecule has 110 valence electrons. The number of hydrogen-bond acceptors (Lipinski definition) is 4. The summed E-state index contributed by atoms with van der Waals surface area (Å²) >= 11 is 0. The maximum absolute atomic E-state index is 12.1. The molecule has 2 heterocycles. The van der Waals surface area contributed by atoms with Crippen molar-refractivity contribution in [3.63, 3.8) is 0 Å². The van der Waals surface area contributed by atoms with E-state index in [2.05, 4.69) is 0 Å². The fourth-order valence-electron chi connectivity index (χ4n) is 2.54. The molecule has 2 saturated heterocycles. The van der Waals surface area contributed by atoms with Gasteiger partial charge in [-0.05, 0) is 26.7 Å². The highest BCUT2D eigenvalue weighted by Gasteiger charge is 2.27. The highest BCUT2D eigenvalue weighted by Crippen LogP contribution is 2.14. The molecule has 0 bridgehead atoms. The van der Waals surface area contributed by atoms with Gasteiger partial charge in [-0.3, -0.25) is 4.79 Å². The van der Waals surface area contributed by atoms with Gasteiger partial charge < -0.3 is 19.1 Å². The second-order valence-electron chi connectivity index (χ2n) is 5.50. The van der Waals surface area contributed by atoms with Gasteiger partial charge >= 0.3 is 0 Å². The molecule has 5 heteroatoms. The van der Waals surface area contributed by atoms with E-state index < -0.39 is 0 Å². The van der Waals surface area contributed by atoms with E-state index in [4.69, 9.17) is 14.2 Å². The summed E-state index contributed by atoms with van der Waals surface area (Å²) in [4.78, 5) is 14.0. The van der Waals surface area contributed by atoms with Crippen LogP contribution in [-0.2, 0) is 19.0 Å². The zero-order valence-corrected chi connectivity index (χ0v) is 12.0. The molecule has 0 spiro atoms. The normalized spacial score (nSPS) is 31.7. The summed E-state index contributed by atoms with van der Waals surface area (Å²) in [5.74, 6) is 0.162. The first-order valence-corrected chi connectivity index (χ1v) is 7.27. The van der Waals surface area contributed by atoms with Crippen LogP contribution >= 0.6 is 0 Å². The van der Waals surface area contributed by atoms with Gasteiger partial charge in [0.2, 0.25) is 5.91 Å². The molecule has 5 nitrogen and oxygen atoms in total. The van der Waals surface area contributed by atoms with Crippen LogP contribution in [0.3, 0.4) is 0 Å². The van der Waals surface area contributed by atoms with Crippen molar-refractivity contribution in [1.29, 1.82) is 0 Å². The number of carbonyl (C=O) groups is 1. The lowest BCUT2D eigenvalue weighted by atomic mass is 10.2. The summed E-state index contributed by atoms with van der Waals surface area (Å²) in [6.45, 7) is 7.28. The van der Waals surface area contributed by atoms with Gasteiger partial charge in [0.25, 0.3) is 0 Å². The summed E-state index contributed by atoms with van der Waals surface area (Å²) in [6, 6.07) is 0.168. The fraction of sp³-hybridized carbons (Fsp3) is 0.929. The highest BCUT2D eigenvalue weighted by molar-refractivity contribution is 5.76. The molecule has 2 rings (SSSR count). The number of nitrogens with zero attached hydrogens (tertiary/aromatic N) is 1. The van der Waals surface area contributed by atoms with Crippen molar-refractivity contribution < 1.29 is 19.0 Å². The van der Waals surface area contributed by atoms with Crippen molar-refractivity contribution in [2.75, 3.05) is 33.0 Å². The standard InChI is InChI=1S/C14H25NO4/c1-11-9-19-12(2)8-15(11)14(16)5-7-17-10-13-4-3-6-18-13/h11-13H,3-10H2,1-2H3. The molecule has 2 aliphatic rings. The monoisotopic (exact) mass is 271 g/mol.